The number of benzene rings is 1. The Morgan fingerprint density at radius 1 is 1.29 bits per heavy atom. The molecular weight excluding hydrogens is 317 g/mol. The molecule has 1 aromatic rings. The maximum atomic E-state index is 11.9. The second-order valence-electron chi connectivity index (χ2n) is 4.84. The number of carbonyl (C=O) groups excluding carboxylic acids is 1. The van der Waals surface area contributed by atoms with Crippen LogP contribution in [-0.2, 0) is 0 Å². The molecule has 0 radical (unpaired) electrons. The summed E-state index contributed by atoms with van der Waals surface area (Å²) < 4.78 is 0. The number of carbonyl (C=O) groups is 1. The normalized spacial score (nSPS) is 16.1. The molecule has 9 heteroatoms. The van der Waals surface area contributed by atoms with Crippen LogP contribution in [0.15, 0.2) is 23.1 Å². The van der Waals surface area contributed by atoms with Crippen LogP contribution in [0.3, 0.4) is 0 Å². The van der Waals surface area contributed by atoms with Crippen LogP contribution in [0.1, 0.15) is 36.0 Å². The van der Waals surface area contributed by atoms with Crippen molar-refractivity contribution in [3.8, 4) is 0 Å². The largest absolute Gasteiger partial charge is 0.483 e. The van der Waals surface area contributed by atoms with Crippen LogP contribution in [0.5, 0.6) is 0 Å². The molecule has 0 saturated heterocycles. The van der Waals surface area contributed by atoms with Crippen LogP contribution in [0.2, 0.25) is 0 Å². The van der Waals surface area contributed by atoms with Crippen molar-refractivity contribution in [2.45, 2.75) is 35.8 Å². The van der Waals surface area contributed by atoms with Crippen molar-refractivity contribution < 1.29 is 24.4 Å². The minimum Gasteiger partial charge on any atom is -0.258 e. The van der Waals surface area contributed by atoms with E-state index in [0.717, 1.165) is 31.7 Å². The van der Waals surface area contributed by atoms with Crippen LogP contribution >= 0.6 is 19.7 Å². The van der Waals surface area contributed by atoms with Gasteiger partial charge in [-0.3, -0.25) is 10.1 Å². The summed E-state index contributed by atoms with van der Waals surface area (Å²) in [6.45, 7) is 0. The second kappa shape index (κ2) is 6.37. The maximum Gasteiger partial charge on any atom is 0.483 e. The number of non-ortho nitro benzene ring substituents is 1. The third kappa shape index (κ3) is 3.99. The quantitative estimate of drug-likeness (QED) is 0.430. The van der Waals surface area contributed by atoms with Gasteiger partial charge >= 0.3 is 13.5 Å². The molecule has 3 N–H and O–H groups in total. The first-order valence-corrected chi connectivity index (χ1v) is 8.89. The molecule has 114 valence electrons. The van der Waals surface area contributed by atoms with Crippen molar-refractivity contribution in [1.29, 1.82) is 0 Å². The van der Waals surface area contributed by atoms with Gasteiger partial charge in [-0.15, -0.1) is 11.8 Å². The molecular formula is C12H15NO6PS+. The number of rotatable bonds is 5. The lowest BCUT2D eigenvalue weighted by molar-refractivity contribution is -0.384. The van der Waals surface area contributed by atoms with Gasteiger partial charge in [-0.2, -0.15) is 14.7 Å². The van der Waals surface area contributed by atoms with E-state index in [-0.39, 0.29) is 11.3 Å². The van der Waals surface area contributed by atoms with Gasteiger partial charge in [0.2, 0.25) is 0 Å². The molecule has 0 bridgehead atoms. The average Bonchev–Trinajstić information content (AvgIpc) is 2.90. The van der Waals surface area contributed by atoms with E-state index in [1.165, 1.54) is 23.9 Å². The number of nitro groups is 1. The number of nitrogens with zero attached hydrogens (tertiary/aromatic N) is 1. The molecule has 1 aromatic carbocycles. The van der Waals surface area contributed by atoms with Crippen molar-refractivity contribution in [2.75, 3.05) is 0 Å². The zero-order valence-electron chi connectivity index (χ0n) is 11.0. The third-order valence-corrected chi connectivity index (χ3v) is 5.47. The van der Waals surface area contributed by atoms with Gasteiger partial charge in [0, 0.05) is 22.3 Å². The summed E-state index contributed by atoms with van der Waals surface area (Å²) in [7, 11) is -4.73. The van der Waals surface area contributed by atoms with E-state index >= 15 is 0 Å². The first-order chi connectivity index (χ1) is 9.79. The molecule has 0 aliphatic heterocycles. The highest BCUT2D eigenvalue weighted by Crippen LogP contribution is 2.50. The number of nitro benzene ring substituents is 1. The van der Waals surface area contributed by atoms with Gasteiger partial charge in [0.15, 0.2) is 0 Å². The highest BCUT2D eigenvalue weighted by Gasteiger charge is 2.45. The Balaban J connectivity index is 2.38. The standard InChI is InChI=1S/C12H15NO6PS/c14-12(20(17,18)19)10-7-8(13(15)16)5-6-11(10)21-9-3-1-2-4-9/h5-7,9,17-19H,1-4H2/q+1. The van der Waals surface area contributed by atoms with E-state index in [1.807, 2.05) is 0 Å². The molecule has 0 unspecified atom stereocenters. The molecule has 21 heavy (non-hydrogen) atoms. The summed E-state index contributed by atoms with van der Waals surface area (Å²) in [5.41, 5.74) is -1.80. The molecule has 1 saturated carbocycles. The van der Waals surface area contributed by atoms with Crippen LogP contribution in [0, 0.1) is 10.1 Å². The highest BCUT2D eigenvalue weighted by molar-refractivity contribution is 8.00. The highest BCUT2D eigenvalue weighted by atomic mass is 32.2. The van der Waals surface area contributed by atoms with E-state index in [0.29, 0.717) is 10.1 Å². The second-order valence-corrected chi connectivity index (χ2v) is 7.72. The van der Waals surface area contributed by atoms with Crippen molar-refractivity contribution in [2.24, 2.45) is 0 Å². The SMILES string of the molecule is O=C(c1cc([N+](=O)[O-])ccc1SC1CCCC1)[P+](O)(O)O. The molecule has 0 atom stereocenters. The Labute approximate surface area is 125 Å². The van der Waals surface area contributed by atoms with Gasteiger partial charge in [-0.25, -0.2) is 4.79 Å². The molecule has 0 aromatic heterocycles. The average molecular weight is 332 g/mol. The topological polar surface area (TPSA) is 121 Å². The van der Waals surface area contributed by atoms with Crippen LogP contribution in [0.25, 0.3) is 0 Å². The van der Waals surface area contributed by atoms with Crippen molar-refractivity contribution in [3.63, 3.8) is 0 Å². The van der Waals surface area contributed by atoms with Gasteiger partial charge in [0.25, 0.3) is 5.69 Å². The lowest BCUT2D eigenvalue weighted by Crippen LogP contribution is -2.08. The minimum absolute atomic E-state index is 0.207. The van der Waals surface area contributed by atoms with Gasteiger partial charge in [0.1, 0.15) is 0 Å². The van der Waals surface area contributed by atoms with E-state index in [2.05, 4.69) is 0 Å². The van der Waals surface area contributed by atoms with Crippen molar-refractivity contribution >= 4 is 30.9 Å². The molecule has 7 nitrogen and oxygen atoms in total. The zero-order valence-corrected chi connectivity index (χ0v) is 12.7. The van der Waals surface area contributed by atoms with E-state index in [1.54, 1.807) is 0 Å². The van der Waals surface area contributed by atoms with Crippen LogP contribution < -0.4 is 0 Å². The molecule has 2 rings (SSSR count). The monoisotopic (exact) mass is 332 g/mol. The number of hydrogen-bond acceptors (Lipinski definition) is 7. The van der Waals surface area contributed by atoms with Crippen molar-refractivity contribution in [1.82, 2.24) is 0 Å². The Bertz CT molecular complexity index is 567. The fourth-order valence-corrected chi connectivity index (χ4v) is 4.19. The van der Waals surface area contributed by atoms with Gasteiger partial charge < -0.3 is 0 Å². The first-order valence-electron chi connectivity index (χ1n) is 6.36. The molecule has 1 fully saturated rings. The van der Waals surface area contributed by atoms with Crippen LogP contribution in [-0.4, -0.2) is 30.4 Å². The summed E-state index contributed by atoms with van der Waals surface area (Å²) in [6.07, 6.45) is 4.13. The predicted octanol–water partition coefficient (Wildman–Crippen LogP) is 2.51. The van der Waals surface area contributed by atoms with Gasteiger partial charge in [-0.1, -0.05) is 12.8 Å². The van der Waals surface area contributed by atoms with Gasteiger partial charge in [-0.05, 0) is 18.9 Å². The van der Waals surface area contributed by atoms with E-state index < -0.39 is 18.4 Å². The first kappa shape index (κ1) is 16.3. The number of thioether (sulfide) groups is 1. The Kier molecular flexibility index (Phi) is 4.95. The number of hydrogen-bond donors (Lipinski definition) is 3. The molecule has 1 aliphatic rings. The Morgan fingerprint density at radius 3 is 2.43 bits per heavy atom. The lowest BCUT2D eigenvalue weighted by atomic mass is 10.2. The third-order valence-electron chi connectivity index (χ3n) is 3.27. The molecule has 0 spiro atoms. The summed E-state index contributed by atoms with van der Waals surface area (Å²) >= 11 is 1.38. The maximum absolute atomic E-state index is 11.9. The van der Waals surface area contributed by atoms with Gasteiger partial charge in [0.05, 0.1) is 10.5 Å². The Hall–Kier alpha value is -1.05. The minimum atomic E-state index is -4.73. The van der Waals surface area contributed by atoms with E-state index in [4.69, 9.17) is 14.7 Å². The van der Waals surface area contributed by atoms with Crippen LogP contribution in [0.4, 0.5) is 5.69 Å². The lowest BCUT2D eigenvalue weighted by Gasteiger charge is -2.12. The summed E-state index contributed by atoms with van der Waals surface area (Å²) in [4.78, 5) is 49.9. The van der Waals surface area contributed by atoms with Crippen molar-refractivity contribution in [3.05, 3.63) is 33.9 Å². The fraction of sp³-hybridized carbons (Fsp3) is 0.417. The van der Waals surface area contributed by atoms with E-state index in [9.17, 15) is 14.9 Å². The fourth-order valence-electron chi connectivity index (χ4n) is 2.25. The molecule has 0 amide bonds. The zero-order chi connectivity index (χ0) is 15.6. The summed E-state index contributed by atoms with van der Waals surface area (Å²) in [5.74, 6) is 0. The smallest absolute Gasteiger partial charge is 0.258 e. The molecule has 0 heterocycles. The Morgan fingerprint density at radius 2 is 1.90 bits per heavy atom. The predicted molar refractivity (Wildman–Crippen MR) is 79.1 cm³/mol. The molecule has 1 aliphatic carbocycles. The summed E-state index contributed by atoms with van der Waals surface area (Å²) in [5, 5.41) is 11.1. The summed E-state index contributed by atoms with van der Waals surface area (Å²) in [6, 6.07) is 3.67.